The maximum atomic E-state index is 3.76. The molecule has 2 atom stereocenters. The molecular formula is C17H27NS. The van der Waals surface area contributed by atoms with E-state index in [4.69, 9.17) is 0 Å². The van der Waals surface area contributed by atoms with Crippen molar-refractivity contribution in [3.63, 3.8) is 0 Å². The molecule has 1 nitrogen and oxygen atoms in total. The molecule has 2 heteroatoms. The van der Waals surface area contributed by atoms with Crippen LogP contribution in [0.5, 0.6) is 0 Å². The van der Waals surface area contributed by atoms with E-state index in [1.54, 1.807) is 0 Å². The van der Waals surface area contributed by atoms with Crippen LogP contribution in [-0.2, 0) is 6.42 Å². The van der Waals surface area contributed by atoms with E-state index < -0.39 is 0 Å². The highest BCUT2D eigenvalue weighted by atomic mass is 32.2. The van der Waals surface area contributed by atoms with Gasteiger partial charge in [0.25, 0.3) is 0 Å². The number of aryl methyl sites for hydroxylation is 1. The molecule has 1 N–H and O–H groups in total. The van der Waals surface area contributed by atoms with E-state index in [9.17, 15) is 0 Å². The first kappa shape index (κ1) is 14.9. The van der Waals surface area contributed by atoms with Crippen LogP contribution >= 0.6 is 11.8 Å². The van der Waals surface area contributed by atoms with Gasteiger partial charge in [0.05, 0.1) is 0 Å². The van der Waals surface area contributed by atoms with Crippen LogP contribution in [0, 0.1) is 0 Å². The lowest BCUT2D eigenvalue weighted by molar-refractivity contribution is 0.503. The summed E-state index contributed by atoms with van der Waals surface area (Å²) in [5, 5.41) is 4.53. The SMILES string of the molecule is CCCNC(c1ccc(CCC)cc1)C1CCCS1. The quantitative estimate of drug-likeness (QED) is 0.783. The molecular weight excluding hydrogens is 250 g/mol. The third kappa shape index (κ3) is 4.25. The van der Waals surface area contributed by atoms with E-state index in [0.29, 0.717) is 6.04 Å². The van der Waals surface area contributed by atoms with Gasteiger partial charge in [0.1, 0.15) is 0 Å². The molecule has 0 aliphatic carbocycles. The minimum absolute atomic E-state index is 0.545. The summed E-state index contributed by atoms with van der Waals surface area (Å²) in [7, 11) is 0. The van der Waals surface area contributed by atoms with Crippen molar-refractivity contribution < 1.29 is 0 Å². The molecule has 0 bridgehead atoms. The molecule has 2 rings (SSSR count). The smallest absolute Gasteiger partial charge is 0.0440 e. The average molecular weight is 277 g/mol. The fourth-order valence-corrected chi connectivity index (χ4v) is 4.22. The minimum Gasteiger partial charge on any atom is -0.309 e. The van der Waals surface area contributed by atoms with Crippen LogP contribution in [0.2, 0.25) is 0 Å². The van der Waals surface area contributed by atoms with Crippen LogP contribution in [0.4, 0.5) is 0 Å². The van der Waals surface area contributed by atoms with Gasteiger partial charge in [-0.3, -0.25) is 0 Å². The summed E-state index contributed by atoms with van der Waals surface area (Å²) >= 11 is 2.15. The third-order valence-corrected chi connectivity index (χ3v) is 5.29. The molecule has 0 radical (unpaired) electrons. The summed E-state index contributed by atoms with van der Waals surface area (Å²) in [4.78, 5) is 0. The van der Waals surface area contributed by atoms with Crippen molar-refractivity contribution in [1.82, 2.24) is 5.32 Å². The lowest BCUT2D eigenvalue weighted by Crippen LogP contribution is -2.29. The van der Waals surface area contributed by atoms with Crippen molar-refractivity contribution >= 4 is 11.8 Å². The number of thioether (sulfide) groups is 1. The summed E-state index contributed by atoms with van der Waals surface area (Å²) in [6, 6.07) is 9.87. The molecule has 0 saturated carbocycles. The number of hydrogen-bond acceptors (Lipinski definition) is 2. The molecule has 106 valence electrons. The van der Waals surface area contributed by atoms with Crippen LogP contribution < -0.4 is 5.32 Å². The normalized spacial score (nSPS) is 20.6. The Balaban J connectivity index is 2.07. The van der Waals surface area contributed by atoms with Crippen molar-refractivity contribution in [1.29, 1.82) is 0 Å². The first-order valence-corrected chi connectivity index (χ1v) is 8.83. The molecule has 1 aliphatic heterocycles. The highest BCUT2D eigenvalue weighted by molar-refractivity contribution is 8.00. The Morgan fingerprint density at radius 3 is 2.58 bits per heavy atom. The van der Waals surface area contributed by atoms with Gasteiger partial charge in [0, 0.05) is 11.3 Å². The fraction of sp³-hybridized carbons (Fsp3) is 0.647. The van der Waals surface area contributed by atoms with Crippen molar-refractivity contribution in [2.24, 2.45) is 0 Å². The van der Waals surface area contributed by atoms with E-state index in [1.807, 2.05) is 0 Å². The van der Waals surface area contributed by atoms with Crippen molar-refractivity contribution in [2.75, 3.05) is 12.3 Å². The molecule has 1 aliphatic rings. The van der Waals surface area contributed by atoms with Crippen molar-refractivity contribution in [3.8, 4) is 0 Å². The molecule has 1 saturated heterocycles. The van der Waals surface area contributed by atoms with Crippen LogP contribution in [0.15, 0.2) is 24.3 Å². The second-order valence-electron chi connectivity index (χ2n) is 5.47. The Morgan fingerprint density at radius 2 is 2.00 bits per heavy atom. The second-order valence-corrected chi connectivity index (χ2v) is 6.82. The van der Waals surface area contributed by atoms with E-state index in [1.165, 1.54) is 49.0 Å². The van der Waals surface area contributed by atoms with Crippen LogP contribution in [-0.4, -0.2) is 17.5 Å². The Kier molecular flexibility index (Phi) is 6.25. The van der Waals surface area contributed by atoms with Crippen LogP contribution in [0.25, 0.3) is 0 Å². The summed E-state index contributed by atoms with van der Waals surface area (Å²) in [6.45, 7) is 5.61. The van der Waals surface area contributed by atoms with Gasteiger partial charge < -0.3 is 5.32 Å². The summed E-state index contributed by atoms with van der Waals surface area (Å²) in [6.07, 6.45) is 6.39. The van der Waals surface area contributed by atoms with E-state index in [-0.39, 0.29) is 0 Å². The van der Waals surface area contributed by atoms with Gasteiger partial charge >= 0.3 is 0 Å². The van der Waals surface area contributed by atoms with Crippen LogP contribution in [0.3, 0.4) is 0 Å². The fourth-order valence-electron chi connectivity index (χ4n) is 2.81. The predicted molar refractivity (Wildman–Crippen MR) is 87.0 cm³/mol. The number of hydrogen-bond donors (Lipinski definition) is 1. The second kappa shape index (κ2) is 7.96. The maximum Gasteiger partial charge on any atom is 0.0440 e. The third-order valence-electron chi connectivity index (χ3n) is 3.83. The molecule has 2 unspecified atom stereocenters. The Labute approximate surface area is 122 Å². The highest BCUT2D eigenvalue weighted by Gasteiger charge is 2.26. The van der Waals surface area contributed by atoms with Crippen LogP contribution in [0.1, 0.15) is 56.7 Å². The van der Waals surface area contributed by atoms with Gasteiger partial charge in [-0.1, -0.05) is 44.5 Å². The molecule has 1 heterocycles. The Morgan fingerprint density at radius 1 is 1.21 bits per heavy atom. The molecule has 19 heavy (non-hydrogen) atoms. The van der Waals surface area contributed by atoms with E-state index in [0.717, 1.165) is 11.8 Å². The molecule has 0 amide bonds. The molecule has 1 aromatic rings. The highest BCUT2D eigenvalue weighted by Crippen LogP contribution is 2.36. The average Bonchev–Trinajstić information content (AvgIpc) is 2.95. The molecule has 0 aromatic heterocycles. The first-order chi connectivity index (χ1) is 9.35. The van der Waals surface area contributed by atoms with Gasteiger partial charge in [-0.15, -0.1) is 0 Å². The zero-order valence-electron chi connectivity index (χ0n) is 12.3. The van der Waals surface area contributed by atoms with Gasteiger partial charge in [-0.05, 0) is 49.1 Å². The number of rotatable bonds is 7. The van der Waals surface area contributed by atoms with Gasteiger partial charge in [-0.25, -0.2) is 0 Å². The van der Waals surface area contributed by atoms with E-state index >= 15 is 0 Å². The topological polar surface area (TPSA) is 12.0 Å². The lowest BCUT2D eigenvalue weighted by Gasteiger charge is -2.25. The molecule has 0 spiro atoms. The van der Waals surface area contributed by atoms with Gasteiger partial charge in [-0.2, -0.15) is 11.8 Å². The zero-order valence-corrected chi connectivity index (χ0v) is 13.1. The monoisotopic (exact) mass is 277 g/mol. The molecule has 1 fully saturated rings. The zero-order chi connectivity index (χ0) is 13.5. The number of nitrogens with one attached hydrogen (secondary N) is 1. The van der Waals surface area contributed by atoms with E-state index in [2.05, 4.69) is 55.2 Å². The van der Waals surface area contributed by atoms with Crippen molar-refractivity contribution in [2.45, 2.75) is 57.2 Å². The summed E-state index contributed by atoms with van der Waals surface area (Å²) in [5.74, 6) is 1.34. The lowest BCUT2D eigenvalue weighted by atomic mass is 9.98. The predicted octanol–water partition coefficient (Wildman–Crippen LogP) is 4.58. The minimum atomic E-state index is 0.545. The van der Waals surface area contributed by atoms with Gasteiger partial charge in [0.2, 0.25) is 0 Å². The van der Waals surface area contributed by atoms with Gasteiger partial charge in [0.15, 0.2) is 0 Å². The van der Waals surface area contributed by atoms with Crippen molar-refractivity contribution in [3.05, 3.63) is 35.4 Å². The Bertz CT molecular complexity index is 354. The maximum absolute atomic E-state index is 3.76. The number of benzene rings is 1. The first-order valence-electron chi connectivity index (χ1n) is 7.79. The largest absolute Gasteiger partial charge is 0.309 e. The standard InChI is InChI=1S/C17H27NS/c1-3-6-14-8-10-15(11-9-14)17(18-12-4-2)16-7-5-13-19-16/h8-11,16-18H,3-7,12-13H2,1-2H3. The molecule has 1 aromatic carbocycles. The summed E-state index contributed by atoms with van der Waals surface area (Å²) in [5.41, 5.74) is 2.95. The summed E-state index contributed by atoms with van der Waals surface area (Å²) < 4.78 is 0. The Hall–Kier alpha value is -0.470.